The van der Waals surface area contributed by atoms with Gasteiger partial charge in [-0.2, -0.15) is 9.97 Å². The lowest BCUT2D eigenvalue weighted by molar-refractivity contribution is 0.0830. The number of rotatable bonds is 6. The van der Waals surface area contributed by atoms with E-state index < -0.39 is 5.82 Å². The number of phenols is 1. The molecule has 230 valence electrons. The molecule has 0 unspecified atom stereocenters. The van der Waals surface area contributed by atoms with Crippen molar-refractivity contribution in [3.8, 4) is 41.1 Å². The van der Waals surface area contributed by atoms with Crippen molar-refractivity contribution in [1.29, 1.82) is 0 Å². The van der Waals surface area contributed by atoms with Crippen LogP contribution in [0.5, 0.6) is 17.5 Å². The minimum absolute atomic E-state index is 0.00929. The molecule has 1 aliphatic carbocycles. The molecule has 0 spiro atoms. The highest BCUT2D eigenvalue weighted by atomic mass is 19.1. The number of piperazine rings is 1. The van der Waals surface area contributed by atoms with E-state index >= 15 is 0 Å². The second-order valence-electron chi connectivity index (χ2n) is 13.5. The number of terminal acetylenes is 1. The normalized spacial score (nSPS) is 28.3. The highest BCUT2D eigenvalue weighted by molar-refractivity contribution is 6.05. The number of aromatic nitrogens is 3. The van der Waals surface area contributed by atoms with Crippen LogP contribution in [-0.4, -0.2) is 82.5 Å². The first-order valence-corrected chi connectivity index (χ1v) is 16.0. The molecule has 2 aromatic carbocycles. The molecule has 0 amide bonds. The number of hydrogen-bond donors (Lipinski definition) is 2. The monoisotopic (exact) mass is 606 g/mol. The van der Waals surface area contributed by atoms with E-state index in [4.69, 9.17) is 30.8 Å². The van der Waals surface area contributed by atoms with E-state index in [9.17, 15) is 9.50 Å². The maximum absolute atomic E-state index is 15.0. The Labute approximate surface area is 260 Å². The van der Waals surface area contributed by atoms with Crippen LogP contribution in [0.2, 0.25) is 0 Å². The smallest absolute Gasteiger partial charge is 0.319 e. The number of pyridine rings is 1. The van der Waals surface area contributed by atoms with Gasteiger partial charge >= 0.3 is 6.01 Å². The number of phenolic OH excluding ortho intramolecular Hbond substituents is 1. The Morgan fingerprint density at radius 1 is 1.18 bits per heavy atom. The third-order valence-electron chi connectivity index (χ3n) is 11.0. The number of fused-ring (bicyclic) bond motifs is 7. The lowest BCUT2D eigenvalue weighted by atomic mass is 9.92. The molecular formula is C35H35FN6O3. The van der Waals surface area contributed by atoms with Crippen LogP contribution in [0, 0.1) is 30.0 Å². The number of ether oxygens (including phenoxy) is 2. The number of methoxy groups -OCH3 is 1. The molecule has 4 saturated heterocycles. The van der Waals surface area contributed by atoms with Gasteiger partial charge in [-0.25, -0.2) is 4.39 Å². The van der Waals surface area contributed by atoms with E-state index in [1.54, 1.807) is 31.5 Å². The van der Waals surface area contributed by atoms with Gasteiger partial charge in [-0.1, -0.05) is 12.0 Å². The Morgan fingerprint density at radius 2 is 2.02 bits per heavy atom. The average Bonchev–Trinajstić information content (AvgIpc) is 3.42. The minimum atomic E-state index is -0.518. The van der Waals surface area contributed by atoms with E-state index in [1.165, 1.54) is 25.5 Å². The zero-order chi connectivity index (χ0) is 30.4. The van der Waals surface area contributed by atoms with Crippen molar-refractivity contribution in [3.05, 3.63) is 41.8 Å². The van der Waals surface area contributed by atoms with Crippen molar-refractivity contribution in [3.63, 3.8) is 0 Å². The van der Waals surface area contributed by atoms with Crippen LogP contribution in [0.3, 0.4) is 0 Å². The Balaban J connectivity index is 1.21. The molecule has 1 saturated carbocycles. The van der Waals surface area contributed by atoms with Crippen LogP contribution in [0.15, 0.2) is 30.5 Å². The van der Waals surface area contributed by atoms with Gasteiger partial charge < -0.3 is 24.8 Å². The molecule has 2 aromatic heterocycles. The van der Waals surface area contributed by atoms with E-state index in [0.717, 1.165) is 56.0 Å². The highest BCUT2D eigenvalue weighted by Crippen LogP contribution is 2.59. The summed E-state index contributed by atoms with van der Waals surface area (Å²) in [5, 5.41) is 16.2. The number of aromatic hydroxyl groups is 1. The molecule has 10 heteroatoms. The lowest BCUT2D eigenvalue weighted by Gasteiger charge is -2.35. The maximum atomic E-state index is 15.0. The van der Waals surface area contributed by atoms with E-state index in [2.05, 4.69) is 21.0 Å². The summed E-state index contributed by atoms with van der Waals surface area (Å²) < 4.78 is 27.6. The fourth-order valence-electron chi connectivity index (χ4n) is 8.94. The number of benzene rings is 2. The Bertz CT molecular complexity index is 1920. The second kappa shape index (κ2) is 9.90. The molecule has 5 fully saturated rings. The lowest BCUT2D eigenvalue weighted by Crippen LogP contribution is -2.51. The topological polar surface area (TPSA) is 95.9 Å². The molecule has 2 bridgehead atoms. The summed E-state index contributed by atoms with van der Waals surface area (Å²) in [7, 11) is 1.57. The van der Waals surface area contributed by atoms with Gasteiger partial charge in [0.25, 0.3) is 0 Å². The van der Waals surface area contributed by atoms with Gasteiger partial charge in [-0.15, -0.1) is 6.42 Å². The molecular weight excluding hydrogens is 571 g/mol. The van der Waals surface area contributed by atoms with Crippen molar-refractivity contribution in [2.45, 2.75) is 49.7 Å². The molecule has 5 aliphatic rings. The zero-order valence-corrected chi connectivity index (χ0v) is 25.2. The van der Waals surface area contributed by atoms with Gasteiger partial charge in [0.1, 0.15) is 35.2 Å². The van der Waals surface area contributed by atoms with Gasteiger partial charge in [0, 0.05) is 48.9 Å². The molecule has 9 rings (SSSR count). The molecule has 6 heterocycles. The molecule has 45 heavy (non-hydrogen) atoms. The summed E-state index contributed by atoms with van der Waals surface area (Å²) in [5.41, 5.74) is 1.60. The molecule has 9 nitrogen and oxygen atoms in total. The highest BCUT2D eigenvalue weighted by Gasteiger charge is 2.63. The van der Waals surface area contributed by atoms with E-state index in [-0.39, 0.29) is 16.9 Å². The number of nitrogens with one attached hydrogen (secondary N) is 1. The molecule has 0 radical (unpaired) electrons. The van der Waals surface area contributed by atoms with Crippen LogP contribution in [0.4, 0.5) is 10.2 Å². The van der Waals surface area contributed by atoms with Crippen molar-refractivity contribution < 1.29 is 19.0 Å². The third-order valence-corrected chi connectivity index (χ3v) is 11.0. The molecule has 4 aromatic rings. The van der Waals surface area contributed by atoms with Gasteiger partial charge in [0.15, 0.2) is 5.75 Å². The number of nitrogens with zero attached hydrogens (tertiary/aromatic N) is 5. The van der Waals surface area contributed by atoms with Crippen molar-refractivity contribution in [2.24, 2.45) is 11.8 Å². The van der Waals surface area contributed by atoms with E-state index in [0.29, 0.717) is 63.9 Å². The standard InChI is InChI=1S/C35H35FN6O3/c1-3-24-28(36)8-5-19-11-23(43)13-25(29(19)24)30-32(44-2)31-26(14-37-30)33(41-16-21-6-7-22(17-41)38-21)40-34(39-31)45-18-35-9-4-10-42(35)15-20-12-27(20)35/h1,5,8,11,13-14,20-22,27,38,43H,4,6-7,9-10,12,15-18H2,2H3/t20-,21-,22+,27-,35-/m1/s1. The Morgan fingerprint density at radius 3 is 2.82 bits per heavy atom. The summed E-state index contributed by atoms with van der Waals surface area (Å²) in [5.74, 6) is 4.64. The summed E-state index contributed by atoms with van der Waals surface area (Å²) in [6.07, 6.45) is 13.4. The predicted octanol–water partition coefficient (Wildman–Crippen LogP) is 4.48. The Kier molecular flexibility index (Phi) is 5.97. The fourth-order valence-corrected chi connectivity index (χ4v) is 8.94. The molecule has 5 atom stereocenters. The van der Waals surface area contributed by atoms with Crippen molar-refractivity contribution in [1.82, 2.24) is 25.2 Å². The largest absolute Gasteiger partial charge is 0.508 e. The van der Waals surface area contributed by atoms with Crippen LogP contribution >= 0.6 is 0 Å². The number of halogens is 1. The van der Waals surface area contributed by atoms with Crippen LogP contribution in [-0.2, 0) is 0 Å². The third kappa shape index (κ3) is 4.10. The summed E-state index contributed by atoms with van der Waals surface area (Å²) in [6, 6.07) is 7.16. The Hall–Kier alpha value is -4.20. The summed E-state index contributed by atoms with van der Waals surface area (Å²) >= 11 is 0. The first-order valence-electron chi connectivity index (χ1n) is 16.0. The van der Waals surface area contributed by atoms with Crippen LogP contribution in [0.25, 0.3) is 32.9 Å². The van der Waals surface area contributed by atoms with Gasteiger partial charge in [0.2, 0.25) is 0 Å². The quantitative estimate of drug-likeness (QED) is 0.308. The van der Waals surface area contributed by atoms with Crippen LogP contribution in [0.1, 0.15) is 37.7 Å². The van der Waals surface area contributed by atoms with Gasteiger partial charge in [0.05, 0.1) is 23.6 Å². The number of hydrogen-bond acceptors (Lipinski definition) is 9. The van der Waals surface area contributed by atoms with Gasteiger partial charge in [-0.05, 0) is 74.1 Å². The first kappa shape index (κ1) is 27.1. The van der Waals surface area contributed by atoms with Crippen molar-refractivity contribution >= 4 is 27.5 Å². The molecule has 4 aliphatic heterocycles. The van der Waals surface area contributed by atoms with Crippen molar-refractivity contribution in [2.75, 3.05) is 44.8 Å². The maximum Gasteiger partial charge on any atom is 0.319 e. The predicted molar refractivity (Wildman–Crippen MR) is 169 cm³/mol. The number of piperidine rings is 1. The second-order valence-corrected chi connectivity index (χ2v) is 13.5. The number of anilines is 1. The van der Waals surface area contributed by atoms with E-state index in [1.807, 2.05) is 0 Å². The zero-order valence-electron chi connectivity index (χ0n) is 25.2. The SMILES string of the molecule is C#Cc1c(F)ccc2cc(O)cc(-c3ncc4c(N5C[C@H]6CC[C@@H](C5)N6)nc(OC[C@@]56CCCN5C[C@H]5C[C@H]56)nc4c3OC)c12. The first-order chi connectivity index (χ1) is 22.0. The fraction of sp³-hybridized carbons (Fsp3) is 0.457. The van der Waals surface area contributed by atoms with Crippen LogP contribution < -0.4 is 19.7 Å². The summed E-state index contributed by atoms with van der Waals surface area (Å²) in [4.78, 5) is 19.8. The van der Waals surface area contributed by atoms with Gasteiger partial charge in [-0.3, -0.25) is 9.88 Å². The molecule has 2 N–H and O–H groups in total. The average molecular weight is 607 g/mol. The summed E-state index contributed by atoms with van der Waals surface area (Å²) in [6.45, 7) is 4.52. The minimum Gasteiger partial charge on any atom is -0.508 e.